The van der Waals surface area contributed by atoms with Crippen LogP contribution in [0.25, 0.3) is 11.0 Å². The number of thioether (sulfide) groups is 1. The summed E-state index contributed by atoms with van der Waals surface area (Å²) in [5, 5.41) is 3.38. The third kappa shape index (κ3) is 4.33. The second kappa shape index (κ2) is 9.04. The fraction of sp³-hybridized carbons (Fsp3) is 0.227. The molecule has 1 aliphatic heterocycles. The molecule has 0 atom stereocenters. The van der Waals surface area contributed by atoms with Gasteiger partial charge in [0.1, 0.15) is 5.58 Å². The van der Waals surface area contributed by atoms with Crippen molar-refractivity contribution in [2.75, 3.05) is 19.7 Å². The first-order valence-electron chi connectivity index (χ1n) is 9.51. The van der Waals surface area contributed by atoms with Gasteiger partial charge in [-0.1, -0.05) is 48.5 Å². The van der Waals surface area contributed by atoms with Crippen LogP contribution in [0.4, 0.5) is 4.79 Å². The van der Waals surface area contributed by atoms with E-state index in [1.165, 1.54) is 5.56 Å². The van der Waals surface area contributed by atoms with E-state index in [4.69, 9.17) is 9.15 Å². The van der Waals surface area contributed by atoms with E-state index in [0.717, 1.165) is 21.6 Å². The quantitative estimate of drug-likeness (QED) is 0.583. The standard InChI is InChI=1S/C22H20N2O5S/c25-19(24-11-10-23-22(24)27)12-28-21(26)20-17(16-8-4-5-9-18(16)29-20)14-30-13-15-6-2-1-3-7-15/h1-9H,10-14H2,(H,23,27). The van der Waals surface area contributed by atoms with Gasteiger partial charge in [0.05, 0.1) is 0 Å². The van der Waals surface area contributed by atoms with Crippen LogP contribution in [-0.2, 0) is 21.0 Å². The molecule has 0 unspecified atom stereocenters. The number of hydrogen-bond acceptors (Lipinski definition) is 6. The molecule has 1 fully saturated rings. The van der Waals surface area contributed by atoms with Crippen molar-refractivity contribution in [3.8, 4) is 0 Å². The van der Waals surface area contributed by atoms with Crippen molar-refractivity contribution in [1.29, 1.82) is 0 Å². The highest BCUT2D eigenvalue weighted by atomic mass is 32.2. The number of nitrogens with zero attached hydrogens (tertiary/aromatic N) is 1. The molecule has 0 aliphatic carbocycles. The monoisotopic (exact) mass is 424 g/mol. The molecular formula is C22H20N2O5S. The number of rotatable bonds is 7. The van der Waals surface area contributed by atoms with E-state index in [2.05, 4.69) is 17.4 Å². The smallest absolute Gasteiger partial charge is 0.375 e. The molecule has 2 aromatic carbocycles. The van der Waals surface area contributed by atoms with Crippen molar-refractivity contribution >= 4 is 40.6 Å². The van der Waals surface area contributed by atoms with Crippen LogP contribution in [0.15, 0.2) is 59.0 Å². The molecule has 1 aromatic heterocycles. The number of nitrogens with one attached hydrogen (secondary N) is 1. The molecule has 3 amide bonds. The number of para-hydroxylation sites is 1. The molecule has 1 saturated heterocycles. The molecule has 7 nitrogen and oxygen atoms in total. The van der Waals surface area contributed by atoms with E-state index in [1.54, 1.807) is 17.8 Å². The number of carbonyl (C=O) groups is 3. The van der Waals surface area contributed by atoms with Gasteiger partial charge < -0.3 is 14.5 Å². The molecule has 2 heterocycles. The molecule has 154 valence electrons. The first kappa shape index (κ1) is 20.0. The van der Waals surface area contributed by atoms with E-state index >= 15 is 0 Å². The number of ether oxygens (including phenoxy) is 1. The van der Waals surface area contributed by atoms with Crippen LogP contribution in [0.3, 0.4) is 0 Å². The molecule has 0 saturated carbocycles. The molecule has 0 bridgehead atoms. The Morgan fingerprint density at radius 2 is 1.83 bits per heavy atom. The lowest BCUT2D eigenvalue weighted by molar-refractivity contribution is -0.130. The van der Waals surface area contributed by atoms with Crippen molar-refractivity contribution < 1.29 is 23.5 Å². The first-order chi connectivity index (χ1) is 14.6. The summed E-state index contributed by atoms with van der Waals surface area (Å²) in [6.07, 6.45) is 0. The number of esters is 1. The summed E-state index contributed by atoms with van der Waals surface area (Å²) in [6, 6.07) is 17.0. The van der Waals surface area contributed by atoms with Crippen molar-refractivity contribution in [3.05, 3.63) is 71.5 Å². The van der Waals surface area contributed by atoms with Crippen LogP contribution in [0.5, 0.6) is 0 Å². The van der Waals surface area contributed by atoms with E-state index < -0.39 is 24.5 Å². The fourth-order valence-corrected chi connectivity index (χ4v) is 4.25. The van der Waals surface area contributed by atoms with Crippen LogP contribution >= 0.6 is 11.8 Å². The fourth-order valence-electron chi connectivity index (χ4n) is 3.23. The minimum Gasteiger partial charge on any atom is -0.450 e. The van der Waals surface area contributed by atoms with Gasteiger partial charge in [-0.2, -0.15) is 11.8 Å². The summed E-state index contributed by atoms with van der Waals surface area (Å²) >= 11 is 1.66. The van der Waals surface area contributed by atoms with Gasteiger partial charge in [0.2, 0.25) is 5.76 Å². The summed E-state index contributed by atoms with van der Waals surface area (Å²) < 4.78 is 10.9. The van der Waals surface area contributed by atoms with Crippen molar-refractivity contribution in [2.24, 2.45) is 0 Å². The lowest BCUT2D eigenvalue weighted by atomic mass is 10.1. The van der Waals surface area contributed by atoms with Gasteiger partial charge in [-0.25, -0.2) is 9.59 Å². The van der Waals surface area contributed by atoms with Gasteiger partial charge in [0, 0.05) is 35.5 Å². The molecule has 1 aliphatic rings. The molecular weight excluding hydrogens is 404 g/mol. The average Bonchev–Trinajstić information content (AvgIpc) is 3.36. The molecule has 3 aromatic rings. The summed E-state index contributed by atoms with van der Waals surface area (Å²) in [6.45, 7) is 0.145. The highest BCUT2D eigenvalue weighted by Gasteiger charge is 2.28. The SMILES string of the molecule is O=C(OCC(=O)N1CCNC1=O)c1oc2ccccc2c1CSCc1ccccc1. The largest absolute Gasteiger partial charge is 0.450 e. The first-order valence-corrected chi connectivity index (χ1v) is 10.7. The van der Waals surface area contributed by atoms with E-state index in [-0.39, 0.29) is 12.3 Å². The Morgan fingerprint density at radius 1 is 1.07 bits per heavy atom. The number of fused-ring (bicyclic) bond motifs is 1. The third-order valence-electron chi connectivity index (χ3n) is 4.73. The van der Waals surface area contributed by atoms with Gasteiger partial charge in [-0.3, -0.25) is 9.69 Å². The Balaban J connectivity index is 1.46. The maximum absolute atomic E-state index is 12.7. The number of amides is 3. The van der Waals surface area contributed by atoms with Crippen molar-refractivity contribution in [2.45, 2.75) is 11.5 Å². The van der Waals surface area contributed by atoms with Crippen molar-refractivity contribution in [3.63, 3.8) is 0 Å². The zero-order valence-corrected chi connectivity index (χ0v) is 16.9. The van der Waals surface area contributed by atoms with Gasteiger partial charge in [0.15, 0.2) is 6.61 Å². The van der Waals surface area contributed by atoms with Crippen LogP contribution in [0, 0.1) is 0 Å². The van der Waals surface area contributed by atoms with Gasteiger partial charge >= 0.3 is 12.0 Å². The number of benzene rings is 2. The highest BCUT2D eigenvalue weighted by molar-refractivity contribution is 7.97. The number of carbonyl (C=O) groups excluding carboxylic acids is 3. The zero-order valence-electron chi connectivity index (χ0n) is 16.1. The van der Waals surface area contributed by atoms with Crippen LogP contribution in [0.2, 0.25) is 0 Å². The average molecular weight is 424 g/mol. The predicted molar refractivity (Wildman–Crippen MR) is 113 cm³/mol. The second-order valence-electron chi connectivity index (χ2n) is 6.74. The maximum Gasteiger partial charge on any atom is 0.375 e. The molecule has 30 heavy (non-hydrogen) atoms. The van der Waals surface area contributed by atoms with Gasteiger partial charge in [-0.15, -0.1) is 0 Å². The summed E-state index contributed by atoms with van der Waals surface area (Å²) in [5.41, 5.74) is 2.52. The van der Waals surface area contributed by atoms with Gasteiger partial charge in [-0.05, 0) is 11.6 Å². The van der Waals surface area contributed by atoms with E-state index in [1.807, 2.05) is 36.4 Å². The molecule has 0 spiro atoms. The third-order valence-corrected chi connectivity index (χ3v) is 5.76. The van der Waals surface area contributed by atoms with Crippen LogP contribution in [-0.4, -0.2) is 42.5 Å². The normalized spacial score (nSPS) is 13.5. The molecule has 0 radical (unpaired) electrons. The topological polar surface area (TPSA) is 88.9 Å². The van der Waals surface area contributed by atoms with E-state index in [9.17, 15) is 14.4 Å². The maximum atomic E-state index is 12.7. The zero-order chi connectivity index (χ0) is 20.9. The van der Waals surface area contributed by atoms with E-state index in [0.29, 0.717) is 17.9 Å². The number of urea groups is 1. The Bertz CT molecular complexity index is 1080. The Morgan fingerprint density at radius 3 is 2.60 bits per heavy atom. The molecule has 1 N–H and O–H groups in total. The summed E-state index contributed by atoms with van der Waals surface area (Å²) in [5.74, 6) is 0.162. The van der Waals surface area contributed by atoms with Crippen molar-refractivity contribution in [1.82, 2.24) is 10.2 Å². The molecule has 4 rings (SSSR count). The van der Waals surface area contributed by atoms with Crippen LogP contribution < -0.4 is 5.32 Å². The number of hydrogen-bond donors (Lipinski definition) is 1. The Kier molecular flexibility index (Phi) is 6.04. The van der Waals surface area contributed by atoms with Crippen LogP contribution in [0.1, 0.15) is 21.7 Å². The Labute approximate surface area is 177 Å². The highest BCUT2D eigenvalue weighted by Crippen LogP contribution is 2.31. The predicted octanol–water partition coefficient (Wildman–Crippen LogP) is 3.57. The summed E-state index contributed by atoms with van der Waals surface area (Å²) in [4.78, 5) is 37.4. The number of furan rings is 1. The van der Waals surface area contributed by atoms with Gasteiger partial charge in [0.25, 0.3) is 5.91 Å². The minimum absolute atomic E-state index is 0.0930. The summed E-state index contributed by atoms with van der Waals surface area (Å²) in [7, 11) is 0. The Hall–Kier alpha value is -3.26. The number of imide groups is 1. The lowest BCUT2D eigenvalue weighted by Gasteiger charge is -2.12. The lowest BCUT2D eigenvalue weighted by Crippen LogP contribution is -2.37. The molecule has 8 heteroatoms. The second-order valence-corrected chi connectivity index (χ2v) is 7.72. The minimum atomic E-state index is -0.713.